The second kappa shape index (κ2) is 8.14. The number of aryl methyl sites for hydroxylation is 2. The Bertz CT molecular complexity index is 1040. The van der Waals surface area contributed by atoms with Crippen molar-refractivity contribution in [3.05, 3.63) is 64.3 Å². The third-order valence-electron chi connectivity index (χ3n) is 4.00. The number of para-hydroxylation sites is 1. The van der Waals surface area contributed by atoms with Gasteiger partial charge >= 0.3 is 5.97 Å². The number of carbonyl (C=O) groups is 1. The number of carboxylic acids is 1. The number of halogens is 1. The lowest BCUT2D eigenvalue weighted by Crippen LogP contribution is -2.06. The lowest BCUT2D eigenvalue weighted by Gasteiger charge is -2.14. The summed E-state index contributed by atoms with van der Waals surface area (Å²) >= 11 is 6.15. The highest BCUT2D eigenvalue weighted by molar-refractivity contribution is 6.31. The number of aromatic nitrogens is 2. The highest BCUT2D eigenvalue weighted by atomic mass is 35.5. The molecule has 0 aliphatic heterocycles. The second-order valence-corrected chi connectivity index (χ2v) is 6.53. The molecular formula is C20H19ClN4O3. The van der Waals surface area contributed by atoms with E-state index in [4.69, 9.17) is 16.3 Å². The number of nitrogens with zero attached hydrogens (tertiary/aromatic N) is 2. The normalized spacial score (nSPS) is 10.4. The topological polar surface area (TPSA) is 96.4 Å². The lowest BCUT2D eigenvalue weighted by molar-refractivity contribution is 0.0698. The molecule has 3 N–H and O–H groups in total. The van der Waals surface area contributed by atoms with Crippen LogP contribution in [-0.4, -0.2) is 28.2 Å². The second-order valence-electron chi connectivity index (χ2n) is 6.12. The average Bonchev–Trinajstić information content (AvgIpc) is 2.64. The molecule has 0 unspecified atom stereocenters. The van der Waals surface area contributed by atoms with Gasteiger partial charge in [-0.15, -0.1) is 0 Å². The van der Waals surface area contributed by atoms with E-state index in [-0.39, 0.29) is 5.56 Å². The summed E-state index contributed by atoms with van der Waals surface area (Å²) in [6.07, 6.45) is 0. The minimum atomic E-state index is -1.02. The summed E-state index contributed by atoms with van der Waals surface area (Å²) in [5.41, 5.74) is 2.86. The van der Waals surface area contributed by atoms with Gasteiger partial charge in [0.25, 0.3) is 0 Å². The fourth-order valence-electron chi connectivity index (χ4n) is 2.66. The molecular weight excluding hydrogens is 380 g/mol. The minimum Gasteiger partial charge on any atom is -0.495 e. The van der Waals surface area contributed by atoms with Gasteiger partial charge in [-0.3, -0.25) is 0 Å². The number of hydrogen-bond acceptors (Lipinski definition) is 6. The van der Waals surface area contributed by atoms with Crippen molar-refractivity contribution >= 4 is 40.7 Å². The summed E-state index contributed by atoms with van der Waals surface area (Å²) in [4.78, 5) is 20.2. The third kappa shape index (κ3) is 4.32. The number of rotatable bonds is 6. The van der Waals surface area contributed by atoms with Crippen molar-refractivity contribution < 1.29 is 14.6 Å². The Kier molecular flexibility index (Phi) is 5.65. The molecule has 0 atom stereocenters. The first-order valence-corrected chi connectivity index (χ1v) is 8.81. The quantitative estimate of drug-likeness (QED) is 0.541. The Morgan fingerprint density at radius 3 is 2.54 bits per heavy atom. The van der Waals surface area contributed by atoms with Gasteiger partial charge in [0.05, 0.1) is 24.0 Å². The van der Waals surface area contributed by atoms with Crippen LogP contribution in [0.3, 0.4) is 0 Å². The van der Waals surface area contributed by atoms with E-state index in [0.717, 1.165) is 5.56 Å². The van der Waals surface area contributed by atoms with Gasteiger partial charge in [0, 0.05) is 22.8 Å². The van der Waals surface area contributed by atoms with Crippen LogP contribution >= 0.6 is 11.6 Å². The summed E-state index contributed by atoms with van der Waals surface area (Å²) in [7, 11) is 1.55. The standard InChI is InChI=1S/C20H19ClN4O3/c1-11-8-16(17(28-3)10-14(11)21)24-20-22-12(2)9-18(25-20)23-15-7-5-4-6-13(15)19(26)27/h4-10H,1-3H3,(H,26,27)(H2,22,23,24,25). The Morgan fingerprint density at radius 2 is 1.82 bits per heavy atom. The van der Waals surface area contributed by atoms with E-state index in [1.54, 1.807) is 37.4 Å². The molecule has 0 spiro atoms. The molecule has 3 aromatic rings. The Morgan fingerprint density at radius 1 is 1.07 bits per heavy atom. The van der Waals surface area contributed by atoms with E-state index in [0.29, 0.717) is 39.6 Å². The number of carboxylic acid groups (broad SMARTS) is 1. The first-order chi connectivity index (χ1) is 13.4. The maximum atomic E-state index is 11.4. The van der Waals surface area contributed by atoms with Crippen LogP contribution in [0, 0.1) is 13.8 Å². The molecule has 0 saturated carbocycles. The zero-order chi connectivity index (χ0) is 20.3. The van der Waals surface area contributed by atoms with E-state index in [9.17, 15) is 9.90 Å². The van der Waals surface area contributed by atoms with Gasteiger partial charge in [-0.2, -0.15) is 4.98 Å². The maximum Gasteiger partial charge on any atom is 0.337 e. The van der Waals surface area contributed by atoms with Crippen LogP contribution in [0.4, 0.5) is 23.1 Å². The van der Waals surface area contributed by atoms with Crippen molar-refractivity contribution in [2.75, 3.05) is 17.7 Å². The highest BCUT2D eigenvalue weighted by Crippen LogP contribution is 2.32. The van der Waals surface area contributed by atoms with Crippen molar-refractivity contribution in [1.82, 2.24) is 9.97 Å². The van der Waals surface area contributed by atoms with Crippen LogP contribution < -0.4 is 15.4 Å². The molecule has 1 aromatic heterocycles. The largest absolute Gasteiger partial charge is 0.495 e. The van der Waals surface area contributed by atoms with Crippen LogP contribution in [-0.2, 0) is 0 Å². The van der Waals surface area contributed by atoms with Crippen LogP contribution in [0.15, 0.2) is 42.5 Å². The summed E-state index contributed by atoms with van der Waals surface area (Å²) < 4.78 is 5.37. The monoisotopic (exact) mass is 398 g/mol. The molecule has 2 aromatic carbocycles. The van der Waals surface area contributed by atoms with Gasteiger partial charge in [-0.05, 0) is 37.6 Å². The fourth-order valence-corrected chi connectivity index (χ4v) is 2.81. The number of anilines is 4. The summed E-state index contributed by atoms with van der Waals surface area (Å²) in [6.45, 7) is 3.71. The first-order valence-electron chi connectivity index (χ1n) is 8.43. The van der Waals surface area contributed by atoms with Crippen molar-refractivity contribution in [3.63, 3.8) is 0 Å². The summed E-state index contributed by atoms with van der Waals surface area (Å²) in [6, 6.07) is 11.9. The molecule has 3 rings (SSSR count). The Labute approximate surface area is 167 Å². The lowest BCUT2D eigenvalue weighted by atomic mass is 10.2. The SMILES string of the molecule is COc1cc(Cl)c(C)cc1Nc1nc(C)cc(Nc2ccccc2C(=O)O)n1. The Balaban J connectivity index is 1.93. The van der Waals surface area contributed by atoms with Crippen LogP contribution in [0.5, 0.6) is 5.75 Å². The smallest absolute Gasteiger partial charge is 0.337 e. The number of methoxy groups -OCH3 is 1. The number of nitrogens with one attached hydrogen (secondary N) is 2. The molecule has 0 fully saturated rings. The molecule has 0 bridgehead atoms. The summed E-state index contributed by atoms with van der Waals surface area (Å²) in [5, 5.41) is 16.1. The minimum absolute atomic E-state index is 0.156. The molecule has 1 heterocycles. The predicted molar refractivity (Wildman–Crippen MR) is 109 cm³/mol. The third-order valence-corrected chi connectivity index (χ3v) is 4.41. The molecule has 0 aliphatic carbocycles. The molecule has 0 aliphatic rings. The molecule has 7 nitrogen and oxygen atoms in total. The highest BCUT2D eigenvalue weighted by Gasteiger charge is 2.12. The maximum absolute atomic E-state index is 11.4. The van der Waals surface area contributed by atoms with E-state index in [2.05, 4.69) is 20.6 Å². The number of benzene rings is 2. The molecule has 0 saturated heterocycles. The first kappa shape index (κ1) is 19.4. The van der Waals surface area contributed by atoms with E-state index < -0.39 is 5.97 Å². The number of aromatic carboxylic acids is 1. The molecule has 144 valence electrons. The van der Waals surface area contributed by atoms with Crippen LogP contribution in [0.25, 0.3) is 0 Å². The number of ether oxygens (including phenoxy) is 1. The fraction of sp³-hybridized carbons (Fsp3) is 0.150. The predicted octanol–water partition coefficient (Wildman–Crippen LogP) is 4.94. The molecule has 8 heteroatoms. The van der Waals surface area contributed by atoms with Crippen LogP contribution in [0.2, 0.25) is 5.02 Å². The van der Waals surface area contributed by atoms with Crippen molar-refractivity contribution in [3.8, 4) is 5.75 Å². The number of hydrogen-bond donors (Lipinski definition) is 3. The van der Waals surface area contributed by atoms with Crippen molar-refractivity contribution in [2.45, 2.75) is 13.8 Å². The van der Waals surface area contributed by atoms with Gasteiger partial charge in [0.15, 0.2) is 0 Å². The van der Waals surface area contributed by atoms with Crippen molar-refractivity contribution in [2.24, 2.45) is 0 Å². The molecule has 0 amide bonds. The van der Waals surface area contributed by atoms with Crippen LogP contribution in [0.1, 0.15) is 21.6 Å². The Hall–Kier alpha value is -3.32. The van der Waals surface area contributed by atoms with Gasteiger partial charge in [0.1, 0.15) is 11.6 Å². The van der Waals surface area contributed by atoms with E-state index in [1.165, 1.54) is 6.07 Å². The zero-order valence-electron chi connectivity index (χ0n) is 15.6. The van der Waals surface area contributed by atoms with E-state index >= 15 is 0 Å². The van der Waals surface area contributed by atoms with Crippen molar-refractivity contribution in [1.29, 1.82) is 0 Å². The van der Waals surface area contributed by atoms with Gasteiger partial charge in [-0.1, -0.05) is 23.7 Å². The summed E-state index contributed by atoms with van der Waals surface area (Å²) in [5.74, 6) is 0.351. The molecule has 0 radical (unpaired) electrons. The average molecular weight is 399 g/mol. The van der Waals surface area contributed by atoms with Gasteiger partial charge in [-0.25, -0.2) is 9.78 Å². The van der Waals surface area contributed by atoms with E-state index in [1.807, 2.05) is 19.9 Å². The molecule has 28 heavy (non-hydrogen) atoms. The van der Waals surface area contributed by atoms with Gasteiger partial charge < -0.3 is 20.5 Å². The van der Waals surface area contributed by atoms with Gasteiger partial charge in [0.2, 0.25) is 5.95 Å². The zero-order valence-corrected chi connectivity index (χ0v) is 16.3.